The topological polar surface area (TPSA) is 127 Å². The van der Waals surface area contributed by atoms with E-state index in [0.29, 0.717) is 17.8 Å². The van der Waals surface area contributed by atoms with Crippen molar-refractivity contribution in [3.05, 3.63) is 23.8 Å². The van der Waals surface area contributed by atoms with E-state index in [0.717, 1.165) is 32.1 Å². The second kappa shape index (κ2) is 12.4. The Morgan fingerprint density at radius 2 is 1.68 bits per heavy atom. The maximum absolute atomic E-state index is 10.8. The molecule has 2 bridgehead atoms. The van der Waals surface area contributed by atoms with E-state index in [9.17, 15) is 20.4 Å². The Morgan fingerprint density at radius 3 is 2.32 bits per heavy atom. The molecule has 2 saturated heterocycles. The van der Waals surface area contributed by atoms with Crippen molar-refractivity contribution in [1.82, 2.24) is 0 Å². The predicted octanol–water partition coefficient (Wildman–Crippen LogP) is 4.75. The van der Waals surface area contributed by atoms with Crippen LogP contribution in [0.2, 0.25) is 0 Å². The Kier molecular flexibility index (Phi) is 9.49. The molecule has 2 aliphatic heterocycles. The summed E-state index contributed by atoms with van der Waals surface area (Å²) in [6.45, 7) is 15.7. The third-order valence-electron chi connectivity index (χ3n) is 14.9. The minimum atomic E-state index is -1.48. The van der Waals surface area contributed by atoms with Gasteiger partial charge in [0.25, 0.3) is 0 Å². The van der Waals surface area contributed by atoms with Crippen LogP contribution < -0.4 is 0 Å². The number of methoxy groups -OCH3 is 2. The normalized spacial score (nSPS) is 51.1. The summed E-state index contributed by atoms with van der Waals surface area (Å²) in [7, 11) is 3.62. The Labute approximate surface area is 282 Å². The van der Waals surface area contributed by atoms with Crippen molar-refractivity contribution in [2.24, 2.45) is 45.3 Å². The standard InChI is InChI=1S/C38H62O9/c1-21(2)18-23(43-8)19-22(3)24-12-14-36(7)26-13-15-38-27(37(26,33(44-9)47-38)17-16-35(24,36)6)10-11-28(34(38,4)5)46-32-31(42)30(41)29(40)25(20-39)45-32/h13,15,18,22-33,39-42H,10-12,14,16-17,19-20H2,1-9H3/t22-,23-,24-,25-,26+,27+,28+,29-,30-,31-,32+,33-,35-,36+,37+,38-/m1/s1. The monoisotopic (exact) mass is 662 g/mol. The van der Waals surface area contributed by atoms with Crippen LogP contribution in [-0.4, -0.2) is 96.1 Å². The average molecular weight is 663 g/mol. The predicted molar refractivity (Wildman–Crippen MR) is 177 cm³/mol. The van der Waals surface area contributed by atoms with Crippen molar-refractivity contribution in [2.45, 2.75) is 148 Å². The highest BCUT2D eigenvalue weighted by molar-refractivity contribution is 5.34. The third kappa shape index (κ3) is 4.95. The van der Waals surface area contributed by atoms with Crippen LogP contribution in [0.3, 0.4) is 0 Å². The molecule has 6 rings (SSSR count). The minimum Gasteiger partial charge on any atom is -0.394 e. The Bertz CT molecular complexity index is 1210. The summed E-state index contributed by atoms with van der Waals surface area (Å²) < 4.78 is 31.7. The second-order valence-electron chi connectivity index (χ2n) is 17.3. The highest BCUT2D eigenvalue weighted by Crippen LogP contribution is 2.79. The summed E-state index contributed by atoms with van der Waals surface area (Å²) in [6.07, 6.45) is 7.16. The molecule has 0 radical (unpaired) electrons. The van der Waals surface area contributed by atoms with Gasteiger partial charge in [-0.3, -0.25) is 0 Å². The van der Waals surface area contributed by atoms with Crippen LogP contribution in [0.4, 0.5) is 0 Å². The number of aliphatic hydroxyl groups excluding tert-OH is 4. The number of fused-ring (bicyclic) bond motifs is 2. The first-order valence-corrected chi connectivity index (χ1v) is 18.1. The van der Waals surface area contributed by atoms with E-state index >= 15 is 0 Å². The number of rotatable bonds is 9. The van der Waals surface area contributed by atoms with E-state index in [1.165, 1.54) is 18.4 Å². The molecule has 4 aliphatic carbocycles. The largest absolute Gasteiger partial charge is 0.394 e. The Hall–Kier alpha value is -0.880. The fourth-order valence-corrected chi connectivity index (χ4v) is 12.2. The highest BCUT2D eigenvalue weighted by atomic mass is 16.7. The lowest BCUT2D eigenvalue weighted by molar-refractivity contribution is -0.331. The van der Waals surface area contributed by atoms with E-state index < -0.39 is 48.3 Å². The molecule has 2 heterocycles. The first kappa shape index (κ1) is 35.9. The lowest BCUT2D eigenvalue weighted by Crippen LogP contribution is -2.66. The molecule has 9 nitrogen and oxygen atoms in total. The molecule has 0 aromatic carbocycles. The Balaban J connectivity index is 1.30. The van der Waals surface area contributed by atoms with Gasteiger partial charge >= 0.3 is 0 Å². The van der Waals surface area contributed by atoms with Crippen LogP contribution in [0.1, 0.15) is 93.4 Å². The molecule has 4 N–H and O–H groups in total. The third-order valence-corrected chi connectivity index (χ3v) is 14.9. The second-order valence-corrected chi connectivity index (χ2v) is 17.3. The summed E-state index contributed by atoms with van der Waals surface area (Å²) in [5.74, 6) is 1.69. The Morgan fingerprint density at radius 1 is 0.957 bits per heavy atom. The summed E-state index contributed by atoms with van der Waals surface area (Å²) in [6, 6.07) is 0. The molecule has 0 unspecified atom stereocenters. The molecule has 3 saturated carbocycles. The average Bonchev–Trinajstić information content (AvgIpc) is 3.40. The molecule has 16 atom stereocenters. The molecule has 9 heteroatoms. The number of hydrogen-bond acceptors (Lipinski definition) is 9. The van der Waals surface area contributed by atoms with Crippen LogP contribution in [-0.2, 0) is 23.7 Å². The molecule has 0 aromatic rings. The van der Waals surface area contributed by atoms with Crippen LogP contribution in [0, 0.1) is 45.3 Å². The van der Waals surface area contributed by atoms with E-state index in [1.807, 2.05) is 7.11 Å². The van der Waals surface area contributed by atoms with Gasteiger partial charge in [0.15, 0.2) is 12.6 Å². The van der Waals surface area contributed by atoms with Gasteiger partial charge in [0, 0.05) is 31.0 Å². The van der Waals surface area contributed by atoms with E-state index in [2.05, 4.69) is 66.7 Å². The fraction of sp³-hybridized carbons (Fsp3) is 0.895. The molecule has 5 fully saturated rings. The SMILES string of the molecule is CO[C@@H]1O[C@]23C=C[C@@H]4[C@@]1(CC[C@]1(C)[C@@H]([C@H](C)C[C@@H](C=C(C)C)OC)CC[C@@]41C)[C@@H]2CC[C@H](O[C@@H]1O[C@H](CO)[C@@H](O)[C@@H](O)[C@H]1O)C3(C)C. The van der Waals surface area contributed by atoms with Gasteiger partial charge in [-0.1, -0.05) is 58.4 Å². The first-order valence-electron chi connectivity index (χ1n) is 18.1. The van der Waals surface area contributed by atoms with Crippen molar-refractivity contribution in [3.8, 4) is 0 Å². The molecule has 268 valence electrons. The van der Waals surface area contributed by atoms with E-state index in [-0.39, 0.29) is 40.7 Å². The van der Waals surface area contributed by atoms with Gasteiger partial charge < -0.3 is 44.1 Å². The number of allylic oxidation sites excluding steroid dienone is 2. The van der Waals surface area contributed by atoms with Gasteiger partial charge in [-0.15, -0.1) is 0 Å². The van der Waals surface area contributed by atoms with Gasteiger partial charge in [-0.2, -0.15) is 0 Å². The van der Waals surface area contributed by atoms with Gasteiger partial charge in [-0.25, -0.2) is 0 Å². The zero-order valence-electron chi connectivity index (χ0n) is 30.1. The molecular weight excluding hydrogens is 600 g/mol. The van der Waals surface area contributed by atoms with Crippen molar-refractivity contribution in [1.29, 1.82) is 0 Å². The molecule has 6 aliphatic rings. The molecular formula is C38H62O9. The van der Waals surface area contributed by atoms with Crippen LogP contribution >= 0.6 is 0 Å². The van der Waals surface area contributed by atoms with E-state index in [1.54, 1.807) is 7.11 Å². The van der Waals surface area contributed by atoms with Crippen molar-refractivity contribution in [3.63, 3.8) is 0 Å². The fourth-order valence-electron chi connectivity index (χ4n) is 12.2. The summed E-state index contributed by atoms with van der Waals surface area (Å²) in [5.41, 5.74) is 0.209. The first-order chi connectivity index (χ1) is 22.1. The molecule has 47 heavy (non-hydrogen) atoms. The molecule has 1 spiro atoms. The van der Waals surface area contributed by atoms with Crippen molar-refractivity contribution < 1.29 is 44.1 Å². The van der Waals surface area contributed by atoms with Crippen molar-refractivity contribution in [2.75, 3.05) is 20.8 Å². The van der Waals surface area contributed by atoms with Crippen LogP contribution in [0.5, 0.6) is 0 Å². The maximum Gasteiger partial charge on any atom is 0.186 e. The summed E-state index contributed by atoms with van der Waals surface area (Å²) >= 11 is 0. The zero-order valence-corrected chi connectivity index (χ0v) is 30.1. The smallest absolute Gasteiger partial charge is 0.186 e. The minimum absolute atomic E-state index is 0.0875. The number of aliphatic hydroxyl groups is 4. The number of hydrogen-bond donors (Lipinski definition) is 4. The van der Waals surface area contributed by atoms with Gasteiger partial charge in [0.1, 0.15) is 30.0 Å². The maximum atomic E-state index is 10.8. The lowest BCUT2D eigenvalue weighted by atomic mass is 9.38. The zero-order chi connectivity index (χ0) is 34.3. The van der Waals surface area contributed by atoms with E-state index in [4.69, 9.17) is 23.7 Å². The van der Waals surface area contributed by atoms with Crippen LogP contribution in [0.25, 0.3) is 0 Å². The van der Waals surface area contributed by atoms with Gasteiger partial charge in [0.05, 0.1) is 18.8 Å². The molecule has 0 aromatic heterocycles. The summed E-state index contributed by atoms with van der Waals surface area (Å²) in [4.78, 5) is 0. The van der Waals surface area contributed by atoms with Crippen molar-refractivity contribution >= 4 is 0 Å². The lowest BCUT2D eigenvalue weighted by Gasteiger charge is -2.65. The van der Waals surface area contributed by atoms with Gasteiger partial charge in [0.2, 0.25) is 0 Å². The number of ether oxygens (including phenoxy) is 5. The van der Waals surface area contributed by atoms with Gasteiger partial charge in [-0.05, 0) is 87.4 Å². The summed E-state index contributed by atoms with van der Waals surface area (Å²) in [5, 5.41) is 41.3. The quantitative estimate of drug-likeness (QED) is 0.259. The van der Waals surface area contributed by atoms with Crippen LogP contribution in [0.15, 0.2) is 23.8 Å². The molecule has 0 amide bonds. The highest BCUT2D eigenvalue weighted by Gasteiger charge is 2.78.